The van der Waals surface area contributed by atoms with E-state index in [0.29, 0.717) is 12.5 Å². The third-order valence-corrected chi connectivity index (χ3v) is 3.04. The Labute approximate surface area is 89.4 Å². The lowest BCUT2D eigenvalue weighted by Gasteiger charge is -2.36. The second-order valence-electron chi connectivity index (χ2n) is 3.96. The van der Waals surface area contributed by atoms with Gasteiger partial charge in [-0.2, -0.15) is 0 Å². The molecule has 2 unspecified atom stereocenters. The summed E-state index contributed by atoms with van der Waals surface area (Å²) in [6, 6.07) is -0.284. The number of piperidine rings is 1. The van der Waals surface area contributed by atoms with Gasteiger partial charge in [-0.3, -0.25) is 9.59 Å². The lowest BCUT2D eigenvalue weighted by Crippen LogP contribution is -2.49. The molecule has 0 spiro atoms. The molecular formula is C10H16ClNO2. The van der Waals surface area contributed by atoms with Crippen LogP contribution < -0.4 is 0 Å². The number of carbonyl (C=O) groups excluding carboxylic acids is 2. The van der Waals surface area contributed by atoms with Crippen molar-refractivity contribution in [1.29, 1.82) is 0 Å². The molecule has 2 atom stereocenters. The first kappa shape index (κ1) is 11.5. The maximum absolute atomic E-state index is 11.5. The van der Waals surface area contributed by atoms with Crippen molar-refractivity contribution in [3.8, 4) is 0 Å². The van der Waals surface area contributed by atoms with E-state index in [9.17, 15) is 9.59 Å². The van der Waals surface area contributed by atoms with Gasteiger partial charge in [0.2, 0.25) is 5.91 Å². The second kappa shape index (κ2) is 4.78. The Bertz CT molecular complexity index is 242. The lowest BCUT2D eigenvalue weighted by molar-refractivity contribution is -0.139. The van der Waals surface area contributed by atoms with Crippen molar-refractivity contribution in [3.63, 3.8) is 0 Å². The topological polar surface area (TPSA) is 37.4 Å². The van der Waals surface area contributed by atoms with Crippen LogP contribution in [0.5, 0.6) is 0 Å². The Morgan fingerprint density at radius 3 is 2.64 bits per heavy atom. The summed E-state index contributed by atoms with van der Waals surface area (Å²) in [5.74, 6) is 0.442. The van der Waals surface area contributed by atoms with Gasteiger partial charge in [-0.05, 0) is 18.8 Å². The molecule has 0 saturated carbocycles. The summed E-state index contributed by atoms with van der Waals surface area (Å²) in [5, 5.41) is 0. The minimum Gasteiger partial charge on any atom is -0.333 e. The SMILES string of the molecule is CC(=O)N1CCC(C)CC1C(=O)CCl. The van der Waals surface area contributed by atoms with Crippen LogP contribution in [0.3, 0.4) is 0 Å². The Balaban J connectivity index is 2.73. The number of alkyl halides is 1. The van der Waals surface area contributed by atoms with Crippen LogP contribution in [0.1, 0.15) is 26.7 Å². The van der Waals surface area contributed by atoms with Gasteiger partial charge in [-0.15, -0.1) is 11.6 Å². The van der Waals surface area contributed by atoms with Crippen molar-refractivity contribution in [2.45, 2.75) is 32.7 Å². The highest BCUT2D eigenvalue weighted by Gasteiger charge is 2.32. The highest BCUT2D eigenvalue weighted by Crippen LogP contribution is 2.23. The van der Waals surface area contributed by atoms with E-state index in [1.807, 2.05) is 0 Å². The molecule has 1 fully saturated rings. The van der Waals surface area contributed by atoms with Crippen LogP contribution in [-0.2, 0) is 9.59 Å². The van der Waals surface area contributed by atoms with Gasteiger partial charge in [0, 0.05) is 13.5 Å². The van der Waals surface area contributed by atoms with E-state index in [-0.39, 0.29) is 23.6 Å². The molecule has 0 aliphatic carbocycles. The van der Waals surface area contributed by atoms with Crippen LogP contribution in [0.2, 0.25) is 0 Å². The first-order chi connectivity index (χ1) is 6.56. The molecule has 0 N–H and O–H groups in total. The van der Waals surface area contributed by atoms with Gasteiger partial charge >= 0.3 is 0 Å². The van der Waals surface area contributed by atoms with E-state index >= 15 is 0 Å². The summed E-state index contributed by atoms with van der Waals surface area (Å²) >= 11 is 5.52. The van der Waals surface area contributed by atoms with Crippen molar-refractivity contribution in [2.75, 3.05) is 12.4 Å². The largest absolute Gasteiger partial charge is 0.333 e. The molecule has 0 bridgehead atoms. The third kappa shape index (κ3) is 2.47. The number of amides is 1. The van der Waals surface area contributed by atoms with E-state index in [2.05, 4.69) is 6.92 Å². The maximum Gasteiger partial charge on any atom is 0.220 e. The van der Waals surface area contributed by atoms with Crippen molar-refractivity contribution in [3.05, 3.63) is 0 Å². The van der Waals surface area contributed by atoms with Gasteiger partial charge in [-0.1, -0.05) is 6.92 Å². The summed E-state index contributed by atoms with van der Waals surface area (Å²) in [6.45, 7) is 4.29. The molecule has 1 aliphatic rings. The number of ketones is 1. The number of halogens is 1. The quantitative estimate of drug-likeness (QED) is 0.657. The van der Waals surface area contributed by atoms with Crippen LogP contribution >= 0.6 is 11.6 Å². The predicted molar refractivity (Wildman–Crippen MR) is 55.3 cm³/mol. The van der Waals surface area contributed by atoms with Crippen LogP contribution in [0.4, 0.5) is 0 Å². The van der Waals surface area contributed by atoms with Gasteiger partial charge in [0.05, 0.1) is 11.9 Å². The average molecular weight is 218 g/mol. The molecule has 1 saturated heterocycles. The van der Waals surface area contributed by atoms with Crippen LogP contribution in [-0.4, -0.2) is 35.1 Å². The predicted octanol–water partition coefficient (Wildman–Crippen LogP) is 1.44. The molecular weight excluding hydrogens is 202 g/mol. The monoisotopic (exact) mass is 217 g/mol. The standard InChI is InChI=1S/C10H16ClNO2/c1-7-3-4-12(8(2)13)9(5-7)10(14)6-11/h7,9H,3-6H2,1-2H3. The molecule has 1 aliphatic heterocycles. The zero-order chi connectivity index (χ0) is 10.7. The van der Waals surface area contributed by atoms with Crippen molar-refractivity contribution >= 4 is 23.3 Å². The van der Waals surface area contributed by atoms with Crippen LogP contribution in [0.15, 0.2) is 0 Å². The average Bonchev–Trinajstić information content (AvgIpc) is 2.16. The molecule has 14 heavy (non-hydrogen) atoms. The fraction of sp³-hybridized carbons (Fsp3) is 0.800. The highest BCUT2D eigenvalue weighted by molar-refractivity contribution is 6.28. The Hall–Kier alpha value is -0.570. The van der Waals surface area contributed by atoms with E-state index < -0.39 is 0 Å². The van der Waals surface area contributed by atoms with Gasteiger partial charge < -0.3 is 4.90 Å². The highest BCUT2D eigenvalue weighted by atomic mass is 35.5. The van der Waals surface area contributed by atoms with E-state index in [0.717, 1.165) is 12.8 Å². The van der Waals surface area contributed by atoms with E-state index in [1.54, 1.807) is 4.90 Å². The van der Waals surface area contributed by atoms with Gasteiger partial charge in [-0.25, -0.2) is 0 Å². The van der Waals surface area contributed by atoms with Crippen LogP contribution in [0, 0.1) is 5.92 Å². The number of Topliss-reactive ketones (excluding diaryl/α,β-unsaturated/α-hetero) is 1. The minimum atomic E-state index is -0.284. The molecule has 0 aromatic heterocycles. The summed E-state index contributed by atoms with van der Waals surface area (Å²) in [6.07, 6.45) is 1.73. The summed E-state index contributed by atoms with van der Waals surface area (Å²) in [7, 11) is 0. The van der Waals surface area contributed by atoms with Crippen molar-refractivity contribution < 1.29 is 9.59 Å². The van der Waals surface area contributed by atoms with Crippen molar-refractivity contribution in [1.82, 2.24) is 4.90 Å². The summed E-state index contributed by atoms with van der Waals surface area (Å²) < 4.78 is 0. The maximum atomic E-state index is 11.5. The number of likely N-dealkylation sites (tertiary alicyclic amines) is 1. The molecule has 0 aromatic carbocycles. The first-order valence-electron chi connectivity index (χ1n) is 4.92. The summed E-state index contributed by atoms with van der Waals surface area (Å²) in [5.41, 5.74) is 0. The molecule has 0 radical (unpaired) electrons. The summed E-state index contributed by atoms with van der Waals surface area (Å²) in [4.78, 5) is 24.4. The minimum absolute atomic E-state index is 0.00116. The Morgan fingerprint density at radius 2 is 2.14 bits per heavy atom. The number of hydrogen-bond donors (Lipinski definition) is 0. The van der Waals surface area contributed by atoms with E-state index in [1.165, 1.54) is 6.92 Å². The van der Waals surface area contributed by atoms with Gasteiger partial charge in [0.25, 0.3) is 0 Å². The fourth-order valence-corrected chi connectivity index (χ4v) is 2.09. The number of hydrogen-bond acceptors (Lipinski definition) is 2. The smallest absolute Gasteiger partial charge is 0.220 e. The zero-order valence-electron chi connectivity index (χ0n) is 8.62. The normalized spacial score (nSPS) is 27.5. The van der Waals surface area contributed by atoms with E-state index in [4.69, 9.17) is 11.6 Å². The zero-order valence-corrected chi connectivity index (χ0v) is 9.38. The molecule has 4 heteroatoms. The van der Waals surface area contributed by atoms with Gasteiger partial charge in [0.15, 0.2) is 5.78 Å². The molecule has 1 rings (SSSR count). The fourth-order valence-electron chi connectivity index (χ4n) is 1.91. The second-order valence-corrected chi connectivity index (χ2v) is 4.22. The Kier molecular flexibility index (Phi) is 3.93. The Morgan fingerprint density at radius 1 is 1.50 bits per heavy atom. The van der Waals surface area contributed by atoms with Gasteiger partial charge in [0.1, 0.15) is 0 Å². The first-order valence-corrected chi connectivity index (χ1v) is 5.45. The molecule has 80 valence electrons. The molecule has 1 heterocycles. The molecule has 0 aromatic rings. The third-order valence-electron chi connectivity index (χ3n) is 2.77. The molecule has 1 amide bonds. The van der Waals surface area contributed by atoms with Crippen LogP contribution in [0.25, 0.3) is 0 Å². The molecule has 3 nitrogen and oxygen atoms in total. The number of nitrogens with zero attached hydrogens (tertiary/aromatic N) is 1. The van der Waals surface area contributed by atoms with Crippen molar-refractivity contribution in [2.24, 2.45) is 5.92 Å². The number of rotatable bonds is 2. The lowest BCUT2D eigenvalue weighted by atomic mass is 9.90. The number of carbonyl (C=O) groups is 2.